The van der Waals surface area contributed by atoms with E-state index in [9.17, 15) is 24.0 Å². The molecule has 2 aliphatic carbocycles. The standard InChI is InChI=1S/C23H33N5O5/c1-3-19(24-13-29)15-5-9-17(10-6-15)27-21(31)26-22(32)28(23(27)33)18-11-7-16(8-12-18)20(4-2)25-14-30/h15-20H,3-12H2,1-2H3,(H,26,31,32). The van der Waals surface area contributed by atoms with E-state index in [1.807, 2.05) is 13.8 Å². The molecule has 0 spiro atoms. The number of aliphatic imine (C=N–C) groups is 2. The van der Waals surface area contributed by atoms with E-state index in [2.05, 4.69) is 15.0 Å². The molecule has 1 N–H and O–H groups in total. The zero-order valence-electron chi connectivity index (χ0n) is 19.4. The van der Waals surface area contributed by atoms with Crippen molar-refractivity contribution in [3.05, 3.63) is 31.5 Å². The Kier molecular flexibility index (Phi) is 8.53. The Morgan fingerprint density at radius 1 is 0.758 bits per heavy atom. The lowest BCUT2D eigenvalue weighted by Gasteiger charge is -2.33. The van der Waals surface area contributed by atoms with Crippen molar-refractivity contribution in [1.82, 2.24) is 14.1 Å². The van der Waals surface area contributed by atoms with Crippen LogP contribution in [0.2, 0.25) is 0 Å². The largest absolute Gasteiger partial charge is 0.336 e. The summed E-state index contributed by atoms with van der Waals surface area (Å²) < 4.78 is 2.42. The summed E-state index contributed by atoms with van der Waals surface area (Å²) in [5.41, 5.74) is -1.88. The van der Waals surface area contributed by atoms with Gasteiger partial charge in [0.2, 0.25) is 12.2 Å². The molecule has 2 atom stereocenters. The van der Waals surface area contributed by atoms with E-state index in [0.717, 1.165) is 38.5 Å². The fourth-order valence-electron chi connectivity index (χ4n) is 5.83. The molecule has 10 heteroatoms. The molecule has 1 aromatic rings. The average Bonchev–Trinajstić information content (AvgIpc) is 2.82. The molecule has 10 nitrogen and oxygen atoms in total. The minimum atomic E-state index is -0.664. The minimum Gasteiger partial charge on any atom is -0.259 e. The average molecular weight is 460 g/mol. The molecule has 0 saturated heterocycles. The minimum absolute atomic E-state index is 0.0851. The maximum atomic E-state index is 13.3. The predicted octanol–water partition coefficient (Wildman–Crippen LogP) is 2.39. The summed E-state index contributed by atoms with van der Waals surface area (Å²) in [6, 6.07) is -0.745. The van der Waals surface area contributed by atoms with E-state index in [1.165, 1.54) is 9.13 Å². The Morgan fingerprint density at radius 2 is 1.12 bits per heavy atom. The number of carbonyl (C=O) groups excluding carboxylic acids is 2. The smallest absolute Gasteiger partial charge is 0.259 e. The van der Waals surface area contributed by atoms with Gasteiger partial charge in [-0.05, 0) is 76.0 Å². The number of isocyanates is 2. The number of hydrogen-bond acceptors (Lipinski definition) is 7. The Morgan fingerprint density at radius 3 is 1.42 bits per heavy atom. The first kappa shape index (κ1) is 24.8. The Hall–Kier alpha value is -2.83. The van der Waals surface area contributed by atoms with Crippen LogP contribution in [0.25, 0.3) is 0 Å². The number of aromatic amines is 1. The topological polar surface area (TPSA) is 136 Å². The van der Waals surface area contributed by atoms with Crippen molar-refractivity contribution < 1.29 is 9.59 Å². The van der Waals surface area contributed by atoms with E-state index in [0.29, 0.717) is 25.7 Å². The predicted molar refractivity (Wildman–Crippen MR) is 122 cm³/mol. The molecular weight excluding hydrogens is 426 g/mol. The van der Waals surface area contributed by atoms with Crippen molar-refractivity contribution in [2.24, 2.45) is 21.8 Å². The second-order valence-electron chi connectivity index (χ2n) is 9.29. The monoisotopic (exact) mass is 459 g/mol. The molecule has 1 aromatic heterocycles. The van der Waals surface area contributed by atoms with Crippen LogP contribution in [0.15, 0.2) is 24.4 Å². The van der Waals surface area contributed by atoms with E-state index in [-0.39, 0.29) is 36.0 Å². The van der Waals surface area contributed by atoms with Crippen LogP contribution < -0.4 is 17.1 Å². The van der Waals surface area contributed by atoms with Crippen molar-refractivity contribution in [2.75, 3.05) is 0 Å². The molecule has 0 bridgehead atoms. The highest BCUT2D eigenvalue weighted by Crippen LogP contribution is 2.36. The lowest BCUT2D eigenvalue weighted by Crippen LogP contribution is -2.52. The maximum absolute atomic E-state index is 13.3. The summed E-state index contributed by atoms with van der Waals surface area (Å²) in [6.07, 6.45) is 10.3. The van der Waals surface area contributed by atoms with Gasteiger partial charge in [0.1, 0.15) is 0 Å². The van der Waals surface area contributed by atoms with Crippen LogP contribution in [-0.2, 0) is 9.59 Å². The fourth-order valence-corrected chi connectivity index (χ4v) is 5.83. The summed E-state index contributed by atoms with van der Waals surface area (Å²) >= 11 is 0. The molecule has 2 unspecified atom stereocenters. The number of aromatic nitrogens is 3. The van der Waals surface area contributed by atoms with Gasteiger partial charge in [0.25, 0.3) is 0 Å². The summed E-state index contributed by atoms with van der Waals surface area (Å²) in [7, 11) is 0. The molecule has 0 aliphatic heterocycles. The van der Waals surface area contributed by atoms with Gasteiger partial charge in [-0.1, -0.05) is 13.8 Å². The highest BCUT2D eigenvalue weighted by molar-refractivity contribution is 5.34. The van der Waals surface area contributed by atoms with Crippen LogP contribution in [-0.4, -0.2) is 38.4 Å². The molecule has 2 aliphatic rings. The highest BCUT2D eigenvalue weighted by Gasteiger charge is 2.32. The zero-order valence-corrected chi connectivity index (χ0v) is 19.4. The van der Waals surface area contributed by atoms with Crippen LogP contribution in [0.5, 0.6) is 0 Å². The number of rotatable bonds is 8. The van der Waals surface area contributed by atoms with Gasteiger partial charge >= 0.3 is 17.1 Å². The van der Waals surface area contributed by atoms with Gasteiger partial charge < -0.3 is 0 Å². The molecule has 0 aromatic carbocycles. The number of H-pyrrole nitrogens is 1. The van der Waals surface area contributed by atoms with Crippen molar-refractivity contribution >= 4 is 12.2 Å². The molecule has 3 rings (SSSR count). The van der Waals surface area contributed by atoms with Crippen LogP contribution in [0.3, 0.4) is 0 Å². The third-order valence-electron chi connectivity index (χ3n) is 7.64. The first-order chi connectivity index (χ1) is 15.9. The first-order valence-corrected chi connectivity index (χ1v) is 12.1. The van der Waals surface area contributed by atoms with Gasteiger partial charge in [-0.3, -0.25) is 4.98 Å². The lowest BCUT2D eigenvalue weighted by molar-refractivity contribution is 0.210. The SMILES string of the molecule is CCC(N=C=O)C1CCC(n2c(=O)[nH]c(=O)n(C3CCC(C(CC)N=C=O)CC3)c2=O)CC1. The third-order valence-corrected chi connectivity index (χ3v) is 7.64. The quantitative estimate of drug-likeness (QED) is 0.470. The summed E-state index contributed by atoms with van der Waals surface area (Å²) in [4.78, 5) is 70.0. The highest BCUT2D eigenvalue weighted by atomic mass is 16.2. The summed E-state index contributed by atoms with van der Waals surface area (Å²) in [5.74, 6) is 0.452. The molecule has 180 valence electrons. The second-order valence-corrected chi connectivity index (χ2v) is 9.29. The number of nitrogens with zero attached hydrogens (tertiary/aromatic N) is 4. The second kappa shape index (κ2) is 11.3. The van der Waals surface area contributed by atoms with Gasteiger partial charge in [-0.25, -0.2) is 43.1 Å². The van der Waals surface area contributed by atoms with Crippen LogP contribution in [0, 0.1) is 11.8 Å². The van der Waals surface area contributed by atoms with Crippen LogP contribution >= 0.6 is 0 Å². The summed E-state index contributed by atoms with van der Waals surface area (Å²) in [6.45, 7) is 3.96. The lowest BCUT2D eigenvalue weighted by atomic mass is 9.80. The van der Waals surface area contributed by atoms with Gasteiger partial charge in [-0.15, -0.1) is 0 Å². The molecule has 0 radical (unpaired) electrons. The summed E-state index contributed by atoms with van der Waals surface area (Å²) in [5, 5.41) is 0. The normalized spacial score (nSPS) is 27.1. The molecule has 0 amide bonds. The van der Waals surface area contributed by atoms with Gasteiger partial charge in [0, 0.05) is 12.1 Å². The van der Waals surface area contributed by atoms with E-state index >= 15 is 0 Å². The molecule has 33 heavy (non-hydrogen) atoms. The van der Waals surface area contributed by atoms with Crippen molar-refractivity contribution in [3.63, 3.8) is 0 Å². The number of nitrogens with one attached hydrogen (secondary N) is 1. The fraction of sp³-hybridized carbons (Fsp3) is 0.783. The van der Waals surface area contributed by atoms with E-state index < -0.39 is 17.1 Å². The van der Waals surface area contributed by atoms with Crippen molar-refractivity contribution in [2.45, 2.75) is 102 Å². The third kappa shape index (κ3) is 5.40. The van der Waals surface area contributed by atoms with Crippen molar-refractivity contribution in [3.8, 4) is 0 Å². The molecular formula is C23H33N5O5. The maximum Gasteiger partial charge on any atom is 0.336 e. The first-order valence-electron chi connectivity index (χ1n) is 12.1. The number of hydrogen-bond donors (Lipinski definition) is 1. The molecule has 2 fully saturated rings. The molecule has 1 heterocycles. The van der Waals surface area contributed by atoms with E-state index in [1.54, 1.807) is 12.2 Å². The Bertz CT molecular complexity index is 994. The van der Waals surface area contributed by atoms with Gasteiger partial charge in [0.15, 0.2) is 0 Å². The zero-order chi connectivity index (χ0) is 24.0. The Labute approximate surface area is 191 Å². The van der Waals surface area contributed by atoms with Gasteiger partial charge in [-0.2, -0.15) is 0 Å². The van der Waals surface area contributed by atoms with E-state index in [4.69, 9.17) is 0 Å². The molecule has 2 saturated carbocycles. The van der Waals surface area contributed by atoms with Gasteiger partial charge in [0.05, 0.1) is 12.1 Å². The van der Waals surface area contributed by atoms with Crippen molar-refractivity contribution in [1.29, 1.82) is 0 Å². The van der Waals surface area contributed by atoms with Crippen LogP contribution in [0.1, 0.15) is 90.1 Å². The van der Waals surface area contributed by atoms with Crippen LogP contribution in [0.4, 0.5) is 0 Å². The Balaban J connectivity index is 1.79.